The lowest BCUT2D eigenvalue weighted by molar-refractivity contribution is -0.120. The summed E-state index contributed by atoms with van der Waals surface area (Å²) in [5.74, 6) is -0.455. The van der Waals surface area contributed by atoms with E-state index in [2.05, 4.69) is 9.97 Å². The molecule has 0 bridgehead atoms. The van der Waals surface area contributed by atoms with Crippen molar-refractivity contribution in [2.24, 2.45) is 0 Å². The van der Waals surface area contributed by atoms with Crippen LogP contribution in [0.15, 0.2) is 60.9 Å². The molecule has 5 nitrogen and oxygen atoms in total. The minimum absolute atomic E-state index is 0.214. The van der Waals surface area contributed by atoms with Crippen LogP contribution >= 0.6 is 34.5 Å². The number of anilines is 1. The molecule has 0 radical (unpaired) electrons. The van der Waals surface area contributed by atoms with E-state index in [1.165, 1.54) is 28.4 Å². The Balaban J connectivity index is 1.62. The number of benzene rings is 2. The van der Waals surface area contributed by atoms with E-state index in [1.54, 1.807) is 42.7 Å². The number of thiazole rings is 1. The molecule has 4 rings (SSSR count). The first-order valence-electron chi connectivity index (χ1n) is 8.83. The number of aromatic nitrogens is 2. The summed E-state index contributed by atoms with van der Waals surface area (Å²) in [6.45, 7) is -0.0636. The summed E-state index contributed by atoms with van der Waals surface area (Å²) in [6, 6.07) is 13.1. The van der Waals surface area contributed by atoms with Gasteiger partial charge in [0.25, 0.3) is 5.91 Å². The van der Waals surface area contributed by atoms with Crippen molar-refractivity contribution in [3.63, 3.8) is 0 Å². The Morgan fingerprint density at radius 3 is 2.77 bits per heavy atom. The summed E-state index contributed by atoms with van der Waals surface area (Å²) in [7, 11) is 0. The molecule has 0 aliphatic rings. The second-order valence-corrected chi connectivity index (χ2v) is 8.14. The number of ether oxygens (including phenoxy) is 1. The average Bonchev–Trinajstić information content (AvgIpc) is 3.17. The summed E-state index contributed by atoms with van der Waals surface area (Å²) in [5.41, 5.74) is 1.03. The smallest absolute Gasteiger partial charge is 0.267 e. The first-order chi connectivity index (χ1) is 14.5. The minimum atomic E-state index is -0.437. The van der Waals surface area contributed by atoms with Gasteiger partial charge in [-0.1, -0.05) is 46.7 Å². The van der Waals surface area contributed by atoms with Crippen molar-refractivity contribution < 1.29 is 13.9 Å². The number of carbonyl (C=O) groups is 1. The molecule has 0 atom stereocenters. The molecule has 0 unspecified atom stereocenters. The van der Waals surface area contributed by atoms with E-state index in [4.69, 9.17) is 27.9 Å². The van der Waals surface area contributed by atoms with E-state index in [1.807, 2.05) is 6.07 Å². The maximum absolute atomic E-state index is 14.1. The zero-order valence-corrected chi connectivity index (χ0v) is 17.7. The first-order valence-corrected chi connectivity index (χ1v) is 10.4. The molecule has 2 aromatic heterocycles. The van der Waals surface area contributed by atoms with Crippen molar-refractivity contribution in [1.29, 1.82) is 0 Å². The Morgan fingerprint density at radius 2 is 2.03 bits per heavy atom. The highest BCUT2D eigenvalue weighted by atomic mass is 35.5. The first kappa shape index (κ1) is 20.5. The number of nitrogens with zero attached hydrogens (tertiary/aromatic N) is 3. The highest BCUT2D eigenvalue weighted by Crippen LogP contribution is 2.32. The van der Waals surface area contributed by atoms with Crippen LogP contribution in [0.2, 0.25) is 10.0 Å². The predicted molar refractivity (Wildman–Crippen MR) is 117 cm³/mol. The SMILES string of the molecule is O=C(COc1ccc(Cl)cc1Cl)N(Cc1cccnc1)c1nc2c(F)cccc2s1. The van der Waals surface area contributed by atoms with E-state index in [0.29, 0.717) is 25.6 Å². The number of para-hydroxylation sites is 1. The van der Waals surface area contributed by atoms with Gasteiger partial charge in [-0.2, -0.15) is 0 Å². The molecular weight excluding hydrogens is 448 g/mol. The summed E-state index contributed by atoms with van der Waals surface area (Å²) < 4.78 is 20.4. The zero-order chi connectivity index (χ0) is 21.1. The largest absolute Gasteiger partial charge is 0.482 e. The fourth-order valence-corrected chi connectivity index (χ4v) is 4.22. The zero-order valence-electron chi connectivity index (χ0n) is 15.4. The molecule has 0 aliphatic carbocycles. The third-order valence-corrected chi connectivity index (χ3v) is 5.77. The highest BCUT2D eigenvalue weighted by Gasteiger charge is 2.22. The van der Waals surface area contributed by atoms with Crippen LogP contribution in [-0.2, 0) is 11.3 Å². The van der Waals surface area contributed by atoms with Crippen molar-refractivity contribution in [2.45, 2.75) is 6.54 Å². The summed E-state index contributed by atoms with van der Waals surface area (Å²) in [5, 5.41) is 1.14. The van der Waals surface area contributed by atoms with Gasteiger partial charge in [0.15, 0.2) is 11.7 Å². The fraction of sp³-hybridized carbons (Fsp3) is 0.0952. The maximum Gasteiger partial charge on any atom is 0.267 e. The van der Waals surface area contributed by atoms with Crippen LogP contribution in [0, 0.1) is 5.82 Å². The van der Waals surface area contributed by atoms with Gasteiger partial charge in [0.05, 0.1) is 16.3 Å². The Labute approximate surface area is 185 Å². The van der Waals surface area contributed by atoms with Crippen LogP contribution in [0.3, 0.4) is 0 Å². The summed E-state index contributed by atoms with van der Waals surface area (Å²) in [4.78, 5) is 22.9. The number of rotatable bonds is 6. The predicted octanol–water partition coefficient (Wildman–Crippen LogP) is 5.75. The van der Waals surface area contributed by atoms with Crippen LogP contribution in [0.25, 0.3) is 10.2 Å². The highest BCUT2D eigenvalue weighted by molar-refractivity contribution is 7.22. The Hall–Kier alpha value is -2.74. The van der Waals surface area contributed by atoms with E-state index < -0.39 is 5.82 Å². The van der Waals surface area contributed by atoms with Gasteiger partial charge in [0.2, 0.25) is 0 Å². The van der Waals surface area contributed by atoms with Crippen molar-refractivity contribution in [1.82, 2.24) is 9.97 Å². The lowest BCUT2D eigenvalue weighted by Gasteiger charge is -2.20. The number of fused-ring (bicyclic) bond motifs is 1. The third kappa shape index (κ3) is 4.53. The quantitative estimate of drug-likeness (QED) is 0.366. The van der Waals surface area contributed by atoms with Crippen LogP contribution in [0.4, 0.5) is 9.52 Å². The summed E-state index contributed by atoms with van der Waals surface area (Å²) in [6.07, 6.45) is 3.31. The molecule has 9 heteroatoms. The van der Waals surface area contributed by atoms with Gasteiger partial charge < -0.3 is 4.74 Å². The van der Waals surface area contributed by atoms with Crippen molar-refractivity contribution in [2.75, 3.05) is 11.5 Å². The van der Waals surface area contributed by atoms with Crippen molar-refractivity contribution in [3.8, 4) is 5.75 Å². The van der Waals surface area contributed by atoms with Gasteiger partial charge >= 0.3 is 0 Å². The molecule has 30 heavy (non-hydrogen) atoms. The van der Waals surface area contributed by atoms with Gasteiger partial charge in [-0.05, 0) is 42.0 Å². The molecule has 2 heterocycles. The van der Waals surface area contributed by atoms with Gasteiger partial charge in [0.1, 0.15) is 17.1 Å². The van der Waals surface area contributed by atoms with E-state index in [0.717, 1.165) is 5.56 Å². The monoisotopic (exact) mass is 461 g/mol. The number of hydrogen-bond acceptors (Lipinski definition) is 5. The second kappa shape index (κ2) is 8.95. The molecule has 1 amide bonds. The minimum Gasteiger partial charge on any atom is -0.482 e. The van der Waals surface area contributed by atoms with Gasteiger partial charge in [-0.15, -0.1) is 0 Å². The number of pyridine rings is 1. The van der Waals surface area contributed by atoms with Crippen LogP contribution in [0.5, 0.6) is 5.75 Å². The average molecular weight is 462 g/mol. The fourth-order valence-electron chi connectivity index (χ4n) is 2.77. The molecule has 0 saturated heterocycles. The normalized spacial score (nSPS) is 10.9. The molecular formula is C21H14Cl2FN3O2S. The van der Waals surface area contributed by atoms with Gasteiger partial charge in [0, 0.05) is 17.4 Å². The van der Waals surface area contributed by atoms with Crippen molar-refractivity contribution >= 4 is 55.8 Å². The Morgan fingerprint density at radius 1 is 1.17 bits per heavy atom. The Bertz CT molecular complexity index is 1200. The van der Waals surface area contributed by atoms with Gasteiger partial charge in [-0.3, -0.25) is 14.7 Å². The third-order valence-electron chi connectivity index (χ3n) is 4.20. The number of amides is 1. The van der Waals surface area contributed by atoms with Gasteiger partial charge in [-0.25, -0.2) is 9.37 Å². The number of carbonyl (C=O) groups excluding carboxylic acids is 1. The van der Waals surface area contributed by atoms with E-state index in [9.17, 15) is 9.18 Å². The topological polar surface area (TPSA) is 55.3 Å². The molecule has 0 N–H and O–H groups in total. The molecule has 0 aliphatic heterocycles. The molecule has 0 saturated carbocycles. The standard InChI is InChI=1S/C21H14Cl2FN3O2S/c22-14-6-7-17(15(23)9-14)29-12-19(28)27(11-13-3-2-8-25-10-13)21-26-20-16(24)4-1-5-18(20)30-21/h1-10H,11-12H2. The molecule has 4 aromatic rings. The van der Waals surface area contributed by atoms with E-state index >= 15 is 0 Å². The molecule has 2 aromatic carbocycles. The molecule has 152 valence electrons. The van der Waals surface area contributed by atoms with Crippen LogP contribution < -0.4 is 9.64 Å². The second-order valence-electron chi connectivity index (χ2n) is 6.29. The molecule has 0 fully saturated rings. The lowest BCUT2D eigenvalue weighted by Crippen LogP contribution is -2.34. The van der Waals surface area contributed by atoms with E-state index in [-0.39, 0.29) is 24.6 Å². The van der Waals surface area contributed by atoms with Crippen LogP contribution in [0.1, 0.15) is 5.56 Å². The summed E-state index contributed by atoms with van der Waals surface area (Å²) >= 11 is 13.2. The molecule has 0 spiro atoms. The number of halogens is 3. The van der Waals surface area contributed by atoms with Crippen molar-refractivity contribution in [3.05, 3.63) is 82.4 Å². The maximum atomic E-state index is 14.1. The Kier molecular flexibility index (Phi) is 6.13. The number of hydrogen-bond donors (Lipinski definition) is 0. The lowest BCUT2D eigenvalue weighted by atomic mass is 10.2. The van der Waals surface area contributed by atoms with Crippen LogP contribution in [-0.4, -0.2) is 22.5 Å².